The highest BCUT2D eigenvalue weighted by Crippen LogP contribution is 2.43. The summed E-state index contributed by atoms with van der Waals surface area (Å²) in [6.45, 7) is 0. The molecule has 120 valence electrons. The normalized spacial score (nSPS) is 17.4. The van der Waals surface area contributed by atoms with E-state index in [0.717, 1.165) is 17.0 Å². The number of hydrogen-bond donors (Lipinski definition) is 0. The number of rotatable bonds is 4. The number of thioether (sulfide) groups is 1. The SMILES string of the molecule is COc1ccc([C@@H]2SCC(=O)N2c2ccc(OC)c(Cl)c2)cc1. The highest BCUT2D eigenvalue weighted by atomic mass is 35.5. The van der Waals surface area contributed by atoms with E-state index in [9.17, 15) is 4.79 Å². The summed E-state index contributed by atoms with van der Waals surface area (Å²) in [5, 5.41) is 0.418. The van der Waals surface area contributed by atoms with Crippen molar-refractivity contribution in [1.82, 2.24) is 0 Å². The molecule has 1 amide bonds. The third-order valence-corrected chi connectivity index (χ3v) is 5.19. The van der Waals surface area contributed by atoms with Gasteiger partial charge in [-0.15, -0.1) is 11.8 Å². The van der Waals surface area contributed by atoms with Crippen molar-refractivity contribution in [2.45, 2.75) is 5.37 Å². The number of methoxy groups -OCH3 is 2. The molecule has 1 aliphatic heterocycles. The molecule has 6 heteroatoms. The molecule has 1 aliphatic rings. The second kappa shape index (κ2) is 6.72. The van der Waals surface area contributed by atoms with Gasteiger partial charge in [-0.3, -0.25) is 9.69 Å². The largest absolute Gasteiger partial charge is 0.497 e. The second-order valence-electron chi connectivity index (χ2n) is 5.02. The van der Waals surface area contributed by atoms with Crippen LogP contribution in [-0.4, -0.2) is 25.9 Å². The van der Waals surface area contributed by atoms with E-state index in [1.807, 2.05) is 30.3 Å². The molecule has 1 saturated heterocycles. The van der Waals surface area contributed by atoms with Gasteiger partial charge in [0.05, 0.1) is 25.0 Å². The average Bonchev–Trinajstić information content (AvgIpc) is 2.96. The Morgan fingerprint density at radius 2 is 1.87 bits per heavy atom. The number of halogens is 1. The molecule has 2 aromatic carbocycles. The molecule has 0 radical (unpaired) electrons. The maximum atomic E-state index is 12.4. The molecule has 1 fully saturated rings. The number of amides is 1. The predicted molar refractivity (Wildman–Crippen MR) is 93.7 cm³/mol. The first-order valence-electron chi connectivity index (χ1n) is 7.05. The maximum absolute atomic E-state index is 12.4. The van der Waals surface area contributed by atoms with Gasteiger partial charge in [0.2, 0.25) is 5.91 Å². The van der Waals surface area contributed by atoms with Crippen LogP contribution in [-0.2, 0) is 4.79 Å². The number of nitrogens with zero attached hydrogens (tertiary/aromatic N) is 1. The zero-order chi connectivity index (χ0) is 16.4. The maximum Gasteiger partial charge on any atom is 0.238 e. The molecule has 0 N–H and O–H groups in total. The number of anilines is 1. The first-order chi connectivity index (χ1) is 11.1. The van der Waals surface area contributed by atoms with Crippen LogP contribution in [0.25, 0.3) is 0 Å². The van der Waals surface area contributed by atoms with Crippen LogP contribution in [0.1, 0.15) is 10.9 Å². The summed E-state index contributed by atoms with van der Waals surface area (Å²) in [4.78, 5) is 14.1. The van der Waals surface area contributed by atoms with E-state index >= 15 is 0 Å². The Morgan fingerprint density at radius 1 is 1.13 bits per heavy atom. The summed E-state index contributed by atoms with van der Waals surface area (Å²) in [6.07, 6.45) is 0. The summed E-state index contributed by atoms with van der Waals surface area (Å²) >= 11 is 7.80. The van der Waals surface area contributed by atoms with Crippen LogP contribution in [0.15, 0.2) is 42.5 Å². The monoisotopic (exact) mass is 349 g/mol. The van der Waals surface area contributed by atoms with Crippen molar-refractivity contribution in [2.24, 2.45) is 0 Å². The third kappa shape index (κ3) is 3.12. The quantitative estimate of drug-likeness (QED) is 0.831. The minimum atomic E-state index is -0.0714. The smallest absolute Gasteiger partial charge is 0.238 e. The van der Waals surface area contributed by atoms with Gasteiger partial charge in [-0.25, -0.2) is 0 Å². The zero-order valence-electron chi connectivity index (χ0n) is 12.8. The average molecular weight is 350 g/mol. The Bertz CT molecular complexity index is 720. The summed E-state index contributed by atoms with van der Waals surface area (Å²) in [5.74, 6) is 1.90. The number of ether oxygens (including phenoxy) is 2. The molecule has 0 spiro atoms. The summed E-state index contributed by atoms with van der Waals surface area (Å²) in [7, 11) is 3.20. The highest BCUT2D eigenvalue weighted by Gasteiger charge is 2.34. The van der Waals surface area contributed by atoms with Gasteiger partial charge in [-0.2, -0.15) is 0 Å². The van der Waals surface area contributed by atoms with E-state index in [-0.39, 0.29) is 11.3 Å². The molecular weight excluding hydrogens is 334 g/mol. The van der Waals surface area contributed by atoms with Crippen LogP contribution < -0.4 is 14.4 Å². The minimum absolute atomic E-state index is 0.0667. The molecular formula is C17H16ClNO3S. The topological polar surface area (TPSA) is 38.8 Å². The molecule has 1 heterocycles. The van der Waals surface area contributed by atoms with Crippen LogP contribution in [0.2, 0.25) is 5.02 Å². The lowest BCUT2D eigenvalue weighted by Crippen LogP contribution is -2.27. The number of benzene rings is 2. The van der Waals surface area contributed by atoms with Crippen molar-refractivity contribution in [3.63, 3.8) is 0 Å². The zero-order valence-corrected chi connectivity index (χ0v) is 14.4. The van der Waals surface area contributed by atoms with Crippen LogP contribution in [0.3, 0.4) is 0 Å². The van der Waals surface area contributed by atoms with Crippen LogP contribution in [0, 0.1) is 0 Å². The van der Waals surface area contributed by atoms with Gasteiger partial charge in [-0.05, 0) is 35.9 Å². The van der Waals surface area contributed by atoms with E-state index in [1.54, 1.807) is 43.0 Å². The fourth-order valence-corrected chi connectivity index (χ4v) is 3.95. The Balaban J connectivity index is 1.94. The molecule has 3 rings (SSSR count). The fourth-order valence-electron chi connectivity index (χ4n) is 2.52. The van der Waals surface area contributed by atoms with Crippen molar-refractivity contribution in [3.8, 4) is 11.5 Å². The number of carbonyl (C=O) groups excluding carboxylic acids is 1. The van der Waals surface area contributed by atoms with Gasteiger partial charge in [0.15, 0.2) is 0 Å². The number of hydrogen-bond acceptors (Lipinski definition) is 4. The van der Waals surface area contributed by atoms with Crippen molar-refractivity contribution in [1.29, 1.82) is 0 Å². The van der Waals surface area contributed by atoms with E-state index in [4.69, 9.17) is 21.1 Å². The van der Waals surface area contributed by atoms with Crippen LogP contribution in [0.5, 0.6) is 11.5 Å². The molecule has 2 aromatic rings. The van der Waals surface area contributed by atoms with Crippen molar-refractivity contribution in [2.75, 3.05) is 24.9 Å². The second-order valence-corrected chi connectivity index (χ2v) is 6.49. The Morgan fingerprint density at radius 3 is 2.48 bits per heavy atom. The highest BCUT2D eigenvalue weighted by molar-refractivity contribution is 8.00. The first-order valence-corrected chi connectivity index (χ1v) is 8.48. The minimum Gasteiger partial charge on any atom is -0.497 e. The fraction of sp³-hybridized carbons (Fsp3) is 0.235. The Labute approximate surface area is 144 Å². The van der Waals surface area contributed by atoms with Gasteiger partial charge < -0.3 is 9.47 Å². The summed E-state index contributed by atoms with van der Waals surface area (Å²) in [6, 6.07) is 13.2. The van der Waals surface area contributed by atoms with Gasteiger partial charge in [0, 0.05) is 5.69 Å². The van der Waals surface area contributed by atoms with Crippen molar-refractivity contribution < 1.29 is 14.3 Å². The molecule has 0 bridgehead atoms. The lowest BCUT2D eigenvalue weighted by atomic mass is 10.1. The van der Waals surface area contributed by atoms with Gasteiger partial charge in [0.25, 0.3) is 0 Å². The Kier molecular flexibility index (Phi) is 4.68. The first kappa shape index (κ1) is 16.0. The third-order valence-electron chi connectivity index (χ3n) is 3.68. The molecule has 0 unspecified atom stereocenters. The van der Waals surface area contributed by atoms with E-state index in [2.05, 4.69) is 0 Å². The lowest BCUT2D eigenvalue weighted by molar-refractivity contribution is -0.115. The van der Waals surface area contributed by atoms with E-state index in [0.29, 0.717) is 16.5 Å². The molecule has 4 nitrogen and oxygen atoms in total. The Hall–Kier alpha value is -1.85. The molecule has 23 heavy (non-hydrogen) atoms. The standard InChI is InChI=1S/C17H16ClNO3S/c1-21-13-6-3-11(4-7-13)17-19(16(20)10-23-17)12-5-8-15(22-2)14(18)9-12/h3-9,17H,10H2,1-2H3/t17-/m0/s1. The molecule has 0 aromatic heterocycles. The van der Waals surface area contributed by atoms with Crippen LogP contribution >= 0.6 is 23.4 Å². The van der Waals surface area contributed by atoms with E-state index < -0.39 is 0 Å². The molecule has 1 atom stereocenters. The van der Waals surface area contributed by atoms with Crippen LogP contribution in [0.4, 0.5) is 5.69 Å². The summed E-state index contributed by atoms with van der Waals surface area (Å²) in [5.41, 5.74) is 1.82. The van der Waals surface area contributed by atoms with Gasteiger partial charge >= 0.3 is 0 Å². The summed E-state index contributed by atoms with van der Waals surface area (Å²) < 4.78 is 10.4. The van der Waals surface area contributed by atoms with Crippen molar-refractivity contribution in [3.05, 3.63) is 53.1 Å². The molecule has 0 saturated carbocycles. The van der Waals surface area contributed by atoms with Gasteiger partial charge in [0.1, 0.15) is 16.9 Å². The van der Waals surface area contributed by atoms with Gasteiger partial charge in [-0.1, -0.05) is 23.7 Å². The van der Waals surface area contributed by atoms with E-state index in [1.165, 1.54) is 0 Å². The lowest BCUT2D eigenvalue weighted by Gasteiger charge is -2.25. The van der Waals surface area contributed by atoms with Crippen molar-refractivity contribution >= 4 is 35.0 Å². The molecule has 0 aliphatic carbocycles. The number of carbonyl (C=O) groups is 1. The predicted octanol–water partition coefficient (Wildman–Crippen LogP) is 4.14.